The van der Waals surface area contributed by atoms with E-state index in [0.717, 1.165) is 23.7 Å². The van der Waals surface area contributed by atoms with Crippen molar-refractivity contribution < 1.29 is 19.1 Å². The number of aryl methyl sites for hydroxylation is 2. The van der Waals surface area contributed by atoms with Gasteiger partial charge in [0.15, 0.2) is 6.61 Å². The van der Waals surface area contributed by atoms with Gasteiger partial charge in [-0.05, 0) is 61.4 Å². The average Bonchev–Trinajstić information content (AvgIpc) is 3.13. The van der Waals surface area contributed by atoms with Gasteiger partial charge in [-0.15, -0.1) is 0 Å². The summed E-state index contributed by atoms with van der Waals surface area (Å²) in [6.45, 7) is 2.17. The van der Waals surface area contributed by atoms with Crippen LogP contribution in [-0.2, 0) is 16.0 Å². The fourth-order valence-corrected chi connectivity index (χ4v) is 4.48. The van der Waals surface area contributed by atoms with Crippen molar-refractivity contribution in [3.63, 3.8) is 0 Å². The summed E-state index contributed by atoms with van der Waals surface area (Å²) in [5.74, 6) is -0.134. The van der Waals surface area contributed by atoms with E-state index in [4.69, 9.17) is 4.74 Å². The van der Waals surface area contributed by atoms with Crippen LogP contribution in [0.3, 0.4) is 0 Å². The van der Waals surface area contributed by atoms with E-state index in [1.807, 2.05) is 67.6 Å². The number of benzene rings is 3. The van der Waals surface area contributed by atoms with Crippen molar-refractivity contribution in [2.45, 2.75) is 19.8 Å². The molecule has 1 aliphatic heterocycles. The Morgan fingerprint density at radius 3 is 2.46 bits per heavy atom. The molecule has 7 heteroatoms. The van der Waals surface area contributed by atoms with Crippen LogP contribution in [0.5, 0.6) is 5.75 Å². The Morgan fingerprint density at radius 2 is 1.69 bits per heavy atom. The van der Waals surface area contributed by atoms with Gasteiger partial charge in [-0.1, -0.05) is 66.2 Å². The molecule has 6 nitrogen and oxygen atoms in total. The molecular formula is C28H26N2O4S. The van der Waals surface area contributed by atoms with Crippen molar-refractivity contribution >= 4 is 40.6 Å². The molecule has 3 aromatic carbocycles. The van der Waals surface area contributed by atoms with Crippen molar-refractivity contribution in [1.29, 1.82) is 0 Å². The Balaban J connectivity index is 1.36. The molecule has 1 aliphatic rings. The Labute approximate surface area is 209 Å². The molecule has 1 saturated heterocycles. The fraction of sp³-hybridized carbons (Fsp3) is 0.179. The minimum absolute atomic E-state index is 0.181. The van der Waals surface area contributed by atoms with Crippen LogP contribution in [0.1, 0.15) is 23.1 Å². The maximum absolute atomic E-state index is 12.9. The normalized spacial score (nSPS) is 14.4. The van der Waals surface area contributed by atoms with Crippen molar-refractivity contribution in [2.24, 2.45) is 0 Å². The van der Waals surface area contributed by atoms with Gasteiger partial charge in [0.05, 0.1) is 4.91 Å². The van der Waals surface area contributed by atoms with E-state index >= 15 is 0 Å². The number of ether oxygens (including phenoxy) is 1. The van der Waals surface area contributed by atoms with Crippen LogP contribution in [0.4, 0.5) is 10.5 Å². The summed E-state index contributed by atoms with van der Waals surface area (Å²) in [6, 6.07) is 24.6. The van der Waals surface area contributed by atoms with Crippen molar-refractivity contribution in [3.05, 3.63) is 100 Å². The van der Waals surface area contributed by atoms with Crippen LogP contribution in [0.25, 0.3) is 6.08 Å². The van der Waals surface area contributed by atoms with E-state index in [-0.39, 0.29) is 23.7 Å². The zero-order valence-corrected chi connectivity index (χ0v) is 20.2. The average molecular weight is 487 g/mol. The Kier molecular flexibility index (Phi) is 8.00. The maximum Gasteiger partial charge on any atom is 0.293 e. The third-order valence-electron chi connectivity index (χ3n) is 5.46. The van der Waals surface area contributed by atoms with Gasteiger partial charge in [-0.25, -0.2) is 0 Å². The molecule has 0 spiro atoms. The van der Waals surface area contributed by atoms with Gasteiger partial charge in [0, 0.05) is 17.8 Å². The van der Waals surface area contributed by atoms with Gasteiger partial charge in [-0.3, -0.25) is 19.3 Å². The van der Waals surface area contributed by atoms with E-state index in [2.05, 4.69) is 5.32 Å². The summed E-state index contributed by atoms with van der Waals surface area (Å²) in [4.78, 5) is 39.3. The molecule has 1 fully saturated rings. The number of amides is 3. The molecule has 1 heterocycles. The lowest BCUT2D eigenvalue weighted by atomic mass is 10.1. The zero-order chi connectivity index (χ0) is 24.6. The van der Waals surface area contributed by atoms with Crippen LogP contribution in [0, 0.1) is 6.92 Å². The van der Waals surface area contributed by atoms with Crippen molar-refractivity contribution in [3.8, 4) is 5.75 Å². The number of nitrogens with zero attached hydrogens (tertiary/aromatic N) is 1. The molecule has 4 rings (SSSR count). The van der Waals surface area contributed by atoms with Crippen LogP contribution in [0.2, 0.25) is 0 Å². The maximum atomic E-state index is 12.9. The van der Waals surface area contributed by atoms with Crippen molar-refractivity contribution in [2.75, 3.05) is 18.5 Å². The first-order valence-electron chi connectivity index (χ1n) is 11.4. The molecule has 0 aromatic heterocycles. The van der Waals surface area contributed by atoms with Crippen LogP contribution in [-0.4, -0.2) is 35.1 Å². The SMILES string of the molecule is Cc1ccc(NC(=O)COc2ccccc2/C=C2/SC(=O)N(CCCc3ccccc3)C2=O)cc1. The second-order valence-electron chi connectivity index (χ2n) is 8.16. The number of carbonyl (C=O) groups is 3. The first kappa shape index (κ1) is 24.3. The molecule has 0 bridgehead atoms. The van der Waals surface area contributed by atoms with E-state index in [1.165, 1.54) is 10.5 Å². The monoisotopic (exact) mass is 486 g/mol. The summed E-state index contributed by atoms with van der Waals surface area (Å²) in [7, 11) is 0. The predicted molar refractivity (Wildman–Crippen MR) is 139 cm³/mol. The van der Waals surface area contributed by atoms with Gasteiger partial charge < -0.3 is 10.1 Å². The molecule has 0 aliphatic carbocycles. The second kappa shape index (κ2) is 11.5. The first-order chi connectivity index (χ1) is 17.0. The third kappa shape index (κ3) is 6.61. The highest BCUT2D eigenvalue weighted by Crippen LogP contribution is 2.34. The summed E-state index contributed by atoms with van der Waals surface area (Å²) in [5.41, 5.74) is 3.60. The fourth-order valence-electron chi connectivity index (χ4n) is 3.63. The van der Waals surface area contributed by atoms with E-state index in [0.29, 0.717) is 34.9 Å². The quantitative estimate of drug-likeness (QED) is 0.394. The lowest BCUT2D eigenvalue weighted by molar-refractivity contribution is -0.122. The van der Waals surface area contributed by atoms with Gasteiger partial charge in [0.2, 0.25) is 0 Å². The van der Waals surface area contributed by atoms with Gasteiger partial charge >= 0.3 is 0 Å². The van der Waals surface area contributed by atoms with Gasteiger partial charge in [0.25, 0.3) is 17.1 Å². The van der Waals surface area contributed by atoms with E-state index in [1.54, 1.807) is 24.3 Å². The number of imide groups is 1. The number of hydrogen-bond acceptors (Lipinski definition) is 5. The Bertz CT molecular complexity index is 1240. The smallest absolute Gasteiger partial charge is 0.293 e. The highest BCUT2D eigenvalue weighted by atomic mass is 32.2. The van der Waals surface area contributed by atoms with Crippen molar-refractivity contribution in [1.82, 2.24) is 4.90 Å². The number of anilines is 1. The summed E-state index contributed by atoms with van der Waals surface area (Å²) in [5, 5.41) is 2.52. The summed E-state index contributed by atoms with van der Waals surface area (Å²) in [6.07, 6.45) is 3.14. The molecule has 35 heavy (non-hydrogen) atoms. The molecule has 0 radical (unpaired) electrons. The molecule has 178 valence electrons. The molecule has 0 unspecified atom stereocenters. The highest BCUT2D eigenvalue weighted by Gasteiger charge is 2.34. The number of thioether (sulfide) groups is 1. The molecule has 3 amide bonds. The molecule has 0 atom stereocenters. The van der Waals surface area contributed by atoms with Crippen LogP contribution in [0.15, 0.2) is 83.8 Å². The number of nitrogens with one attached hydrogen (secondary N) is 1. The lowest BCUT2D eigenvalue weighted by Crippen LogP contribution is -2.29. The number of rotatable bonds is 9. The standard InChI is InChI=1S/C28H26N2O4S/c1-20-13-15-23(16-14-20)29-26(31)19-34-24-12-6-5-11-22(24)18-25-27(32)30(28(33)35-25)17-7-10-21-8-3-2-4-9-21/h2-6,8-9,11-16,18H,7,10,17,19H2,1H3,(H,29,31)/b25-18+. The van der Waals surface area contributed by atoms with Gasteiger partial charge in [-0.2, -0.15) is 0 Å². The van der Waals surface area contributed by atoms with Crippen LogP contribution >= 0.6 is 11.8 Å². The molecule has 1 N–H and O–H groups in total. The molecular weight excluding hydrogens is 460 g/mol. The topological polar surface area (TPSA) is 75.7 Å². The number of hydrogen-bond donors (Lipinski definition) is 1. The van der Waals surface area contributed by atoms with E-state index < -0.39 is 0 Å². The number of carbonyl (C=O) groups excluding carboxylic acids is 3. The van der Waals surface area contributed by atoms with Gasteiger partial charge in [0.1, 0.15) is 5.75 Å². The number of para-hydroxylation sites is 1. The largest absolute Gasteiger partial charge is 0.483 e. The lowest BCUT2D eigenvalue weighted by Gasteiger charge is -2.12. The highest BCUT2D eigenvalue weighted by molar-refractivity contribution is 8.18. The van der Waals surface area contributed by atoms with Crippen LogP contribution < -0.4 is 10.1 Å². The second-order valence-corrected chi connectivity index (χ2v) is 9.16. The third-order valence-corrected chi connectivity index (χ3v) is 6.37. The first-order valence-corrected chi connectivity index (χ1v) is 12.2. The summed E-state index contributed by atoms with van der Waals surface area (Å²) >= 11 is 0.923. The zero-order valence-electron chi connectivity index (χ0n) is 19.4. The molecule has 0 saturated carbocycles. The summed E-state index contributed by atoms with van der Waals surface area (Å²) < 4.78 is 5.73. The van der Waals surface area contributed by atoms with E-state index in [9.17, 15) is 14.4 Å². The minimum atomic E-state index is -0.306. The minimum Gasteiger partial charge on any atom is -0.483 e. The Hall–Kier alpha value is -3.84. The predicted octanol–water partition coefficient (Wildman–Crippen LogP) is 5.68. The Morgan fingerprint density at radius 1 is 0.971 bits per heavy atom. The molecule has 3 aromatic rings.